The molecule has 1 aromatic heterocycles. The molecule has 1 amide bonds. The molecule has 0 radical (unpaired) electrons. The minimum Gasteiger partial charge on any atom is -0.497 e. The average Bonchev–Trinajstić information content (AvgIpc) is 3.18. The van der Waals surface area contributed by atoms with Crippen LogP contribution < -0.4 is 10.1 Å². The van der Waals surface area contributed by atoms with Crippen molar-refractivity contribution in [3.8, 4) is 17.1 Å². The number of nitrogens with zero attached hydrogens (tertiary/aromatic N) is 1. The number of aromatic nitrogens is 1. The van der Waals surface area contributed by atoms with Crippen molar-refractivity contribution < 1.29 is 13.9 Å². The Labute approximate surface area is 152 Å². The van der Waals surface area contributed by atoms with Crippen LogP contribution in [0.15, 0.2) is 59.3 Å². The molecule has 0 unspecified atom stereocenters. The van der Waals surface area contributed by atoms with Gasteiger partial charge in [0.1, 0.15) is 5.75 Å². The fourth-order valence-electron chi connectivity index (χ4n) is 3.51. The van der Waals surface area contributed by atoms with Crippen molar-refractivity contribution in [3.63, 3.8) is 0 Å². The Kier molecular flexibility index (Phi) is 4.44. The van der Waals surface area contributed by atoms with E-state index in [2.05, 4.69) is 22.4 Å². The zero-order valence-electron chi connectivity index (χ0n) is 14.6. The number of carbonyl (C=O) groups excluding carboxylic acids is 1. The van der Waals surface area contributed by atoms with E-state index < -0.39 is 0 Å². The number of amides is 1. The second kappa shape index (κ2) is 7.04. The van der Waals surface area contributed by atoms with E-state index in [0.717, 1.165) is 24.8 Å². The fraction of sp³-hybridized carbons (Fsp3) is 0.238. The highest BCUT2D eigenvalue weighted by Gasteiger charge is 2.25. The number of fused-ring (bicyclic) bond motifs is 1. The van der Waals surface area contributed by atoms with Crippen molar-refractivity contribution in [2.75, 3.05) is 7.11 Å². The normalized spacial score (nSPS) is 16.0. The summed E-state index contributed by atoms with van der Waals surface area (Å²) in [5.41, 5.74) is 3.55. The molecule has 4 rings (SSSR count). The molecular weight excluding hydrogens is 328 g/mol. The van der Waals surface area contributed by atoms with Crippen LogP contribution in [0.5, 0.6) is 5.75 Å². The third-order valence-corrected chi connectivity index (χ3v) is 4.79. The first kappa shape index (κ1) is 16.4. The number of hydrogen-bond donors (Lipinski definition) is 1. The summed E-state index contributed by atoms with van der Waals surface area (Å²) in [6, 6.07) is 15.7. The lowest BCUT2D eigenvalue weighted by Gasteiger charge is -2.26. The van der Waals surface area contributed by atoms with E-state index in [0.29, 0.717) is 17.2 Å². The van der Waals surface area contributed by atoms with Crippen LogP contribution in [0.25, 0.3) is 11.3 Å². The molecule has 5 nitrogen and oxygen atoms in total. The first-order chi connectivity index (χ1) is 12.8. The molecule has 132 valence electrons. The second-order valence-electron chi connectivity index (χ2n) is 6.38. The van der Waals surface area contributed by atoms with Crippen molar-refractivity contribution in [2.24, 2.45) is 0 Å². The van der Waals surface area contributed by atoms with Crippen LogP contribution in [0.3, 0.4) is 0 Å². The maximum absolute atomic E-state index is 12.9. The summed E-state index contributed by atoms with van der Waals surface area (Å²) in [6.07, 6.45) is 4.35. The van der Waals surface area contributed by atoms with Gasteiger partial charge in [-0.15, -0.1) is 0 Å². The predicted molar refractivity (Wildman–Crippen MR) is 98.1 cm³/mol. The molecular formula is C21H20N2O3. The summed E-state index contributed by atoms with van der Waals surface area (Å²) in [7, 11) is 1.60. The summed E-state index contributed by atoms with van der Waals surface area (Å²) >= 11 is 0. The molecule has 0 spiro atoms. The summed E-state index contributed by atoms with van der Waals surface area (Å²) in [6.45, 7) is 0. The minimum absolute atomic E-state index is 0.00214. The Balaban J connectivity index is 1.60. The van der Waals surface area contributed by atoms with Crippen LogP contribution in [-0.2, 0) is 6.42 Å². The summed E-state index contributed by atoms with van der Waals surface area (Å²) < 4.78 is 10.8. The Morgan fingerprint density at radius 2 is 2.12 bits per heavy atom. The highest BCUT2D eigenvalue weighted by Crippen LogP contribution is 2.31. The quantitative estimate of drug-likeness (QED) is 0.769. The lowest BCUT2D eigenvalue weighted by Crippen LogP contribution is -2.31. The largest absolute Gasteiger partial charge is 0.497 e. The van der Waals surface area contributed by atoms with Gasteiger partial charge in [-0.3, -0.25) is 4.79 Å². The number of hydrogen-bond acceptors (Lipinski definition) is 4. The van der Waals surface area contributed by atoms with E-state index in [-0.39, 0.29) is 11.9 Å². The smallest absolute Gasteiger partial charge is 0.274 e. The molecule has 1 aliphatic rings. The van der Waals surface area contributed by atoms with Gasteiger partial charge in [-0.05, 0) is 42.5 Å². The summed E-state index contributed by atoms with van der Waals surface area (Å²) in [4.78, 5) is 17.0. The maximum Gasteiger partial charge on any atom is 0.274 e. The zero-order valence-corrected chi connectivity index (χ0v) is 14.6. The SMILES string of the molecule is COc1cccc(-c2ocnc2C(=O)N[C@H]2CCCc3ccccc32)c1. The molecule has 1 N–H and O–H groups in total. The molecule has 26 heavy (non-hydrogen) atoms. The average molecular weight is 348 g/mol. The van der Waals surface area contributed by atoms with Crippen LogP contribution in [-0.4, -0.2) is 18.0 Å². The van der Waals surface area contributed by atoms with Crippen LogP contribution in [0.4, 0.5) is 0 Å². The van der Waals surface area contributed by atoms with E-state index in [4.69, 9.17) is 9.15 Å². The maximum atomic E-state index is 12.9. The van der Waals surface area contributed by atoms with Crippen molar-refractivity contribution in [3.05, 3.63) is 71.7 Å². The van der Waals surface area contributed by atoms with Gasteiger partial charge in [0.15, 0.2) is 17.8 Å². The number of rotatable bonds is 4. The van der Waals surface area contributed by atoms with Gasteiger partial charge in [0.25, 0.3) is 5.91 Å². The van der Waals surface area contributed by atoms with E-state index >= 15 is 0 Å². The Bertz CT molecular complexity index is 932. The third-order valence-electron chi connectivity index (χ3n) is 4.79. The van der Waals surface area contributed by atoms with Crippen molar-refractivity contribution in [1.82, 2.24) is 10.3 Å². The third kappa shape index (κ3) is 3.08. The molecule has 0 saturated carbocycles. The summed E-state index contributed by atoms with van der Waals surface area (Å²) in [5, 5.41) is 3.12. The molecule has 0 saturated heterocycles. The van der Waals surface area contributed by atoms with Crippen molar-refractivity contribution >= 4 is 5.91 Å². The predicted octanol–water partition coefficient (Wildman–Crippen LogP) is 4.16. The first-order valence-corrected chi connectivity index (χ1v) is 8.73. The van der Waals surface area contributed by atoms with E-state index in [9.17, 15) is 4.79 Å². The van der Waals surface area contributed by atoms with E-state index in [1.54, 1.807) is 7.11 Å². The summed E-state index contributed by atoms with van der Waals surface area (Å²) in [5.74, 6) is 0.926. The van der Waals surface area contributed by atoms with Crippen molar-refractivity contribution in [1.29, 1.82) is 0 Å². The standard InChI is InChI=1S/C21H20N2O3/c1-25-16-9-4-8-15(12-16)20-19(22-13-26-20)21(24)23-18-11-5-7-14-6-2-3-10-17(14)18/h2-4,6,8-10,12-13,18H,5,7,11H2,1H3,(H,23,24)/t18-/m0/s1. The van der Waals surface area contributed by atoms with Gasteiger partial charge in [0.05, 0.1) is 13.2 Å². The van der Waals surface area contributed by atoms with Gasteiger partial charge < -0.3 is 14.5 Å². The second-order valence-corrected chi connectivity index (χ2v) is 6.38. The van der Waals surface area contributed by atoms with Crippen LogP contribution in [0.2, 0.25) is 0 Å². The molecule has 0 bridgehead atoms. The molecule has 0 aliphatic heterocycles. The number of aryl methyl sites for hydroxylation is 1. The van der Waals surface area contributed by atoms with Gasteiger partial charge in [0.2, 0.25) is 0 Å². The van der Waals surface area contributed by atoms with Gasteiger partial charge >= 0.3 is 0 Å². The highest BCUT2D eigenvalue weighted by molar-refractivity contribution is 5.97. The molecule has 3 aromatic rings. The van der Waals surface area contributed by atoms with Gasteiger partial charge in [-0.25, -0.2) is 4.98 Å². The topological polar surface area (TPSA) is 64.4 Å². The number of nitrogens with one attached hydrogen (secondary N) is 1. The zero-order chi connectivity index (χ0) is 17.9. The lowest BCUT2D eigenvalue weighted by atomic mass is 9.87. The fourth-order valence-corrected chi connectivity index (χ4v) is 3.51. The minimum atomic E-state index is -0.224. The molecule has 5 heteroatoms. The molecule has 1 aliphatic carbocycles. The first-order valence-electron chi connectivity index (χ1n) is 8.73. The van der Waals surface area contributed by atoms with Crippen LogP contribution >= 0.6 is 0 Å². The van der Waals surface area contributed by atoms with E-state index in [1.165, 1.54) is 17.5 Å². The van der Waals surface area contributed by atoms with Gasteiger partial charge in [0, 0.05) is 5.56 Å². The van der Waals surface area contributed by atoms with Gasteiger partial charge in [-0.1, -0.05) is 36.4 Å². The molecule has 0 fully saturated rings. The molecule has 2 aromatic carbocycles. The monoisotopic (exact) mass is 348 g/mol. The molecule has 1 heterocycles. The lowest BCUT2D eigenvalue weighted by molar-refractivity contribution is 0.0928. The number of ether oxygens (including phenoxy) is 1. The number of methoxy groups -OCH3 is 1. The van der Waals surface area contributed by atoms with Gasteiger partial charge in [-0.2, -0.15) is 0 Å². The Hall–Kier alpha value is -3.08. The number of carbonyl (C=O) groups is 1. The van der Waals surface area contributed by atoms with Crippen LogP contribution in [0.1, 0.15) is 40.5 Å². The number of benzene rings is 2. The highest BCUT2D eigenvalue weighted by atomic mass is 16.5. The Morgan fingerprint density at radius 3 is 3.00 bits per heavy atom. The van der Waals surface area contributed by atoms with E-state index in [1.807, 2.05) is 36.4 Å². The molecule has 1 atom stereocenters. The van der Waals surface area contributed by atoms with Crippen molar-refractivity contribution in [2.45, 2.75) is 25.3 Å². The Morgan fingerprint density at radius 1 is 1.23 bits per heavy atom. The van der Waals surface area contributed by atoms with Crippen LogP contribution in [0, 0.1) is 0 Å². The number of oxazole rings is 1.